The van der Waals surface area contributed by atoms with E-state index in [1.54, 1.807) is 6.92 Å². The standard InChI is InChI=1S/C11H15NO7S/c1-3-4-8(10(13)14)12-20(16,17)9-5-7(6-19-9)11(15)18-2/h5-6,8,12H,3-4H2,1-2H3,(H,13,14). The molecule has 2 N–H and O–H groups in total. The Hall–Kier alpha value is -1.87. The third-order valence-electron chi connectivity index (χ3n) is 2.43. The number of carboxylic acids is 1. The first-order valence-electron chi connectivity index (χ1n) is 5.73. The van der Waals surface area contributed by atoms with Gasteiger partial charge in [0.2, 0.25) is 5.09 Å². The van der Waals surface area contributed by atoms with Gasteiger partial charge in [-0.1, -0.05) is 13.3 Å². The van der Waals surface area contributed by atoms with Crippen LogP contribution >= 0.6 is 0 Å². The van der Waals surface area contributed by atoms with Crippen LogP contribution in [0.4, 0.5) is 0 Å². The summed E-state index contributed by atoms with van der Waals surface area (Å²) >= 11 is 0. The lowest BCUT2D eigenvalue weighted by Gasteiger charge is -2.12. The summed E-state index contributed by atoms with van der Waals surface area (Å²) in [5.41, 5.74) is -0.0739. The molecule has 112 valence electrons. The second-order valence-corrected chi connectivity index (χ2v) is 5.59. The fourth-order valence-electron chi connectivity index (χ4n) is 1.45. The van der Waals surface area contributed by atoms with Crippen molar-refractivity contribution in [2.45, 2.75) is 30.9 Å². The van der Waals surface area contributed by atoms with Crippen LogP contribution in [0.15, 0.2) is 21.8 Å². The molecule has 1 atom stereocenters. The number of carbonyl (C=O) groups is 2. The monoisotopic (exact) mass is 305 g/mol. The van der Waals surface area contributed by atoms with Crippen LogP contribution in [0.1, 0.15) is 30.1 Å². The summed E-state index contributed by atoms with van der Waals surface area (Å²) in [7, 11) is -3.01. The summed E-state index contributed by atoms with van der Waals surface area (Å²) in [6, 6.07) is -0.282. The topological polar surface area (TPSA) is 123 Å². The van der Waals surface area contributed by atoms with Gasteiger partial charge in [-0.2, -0.15) is 4.72 Å². The van der Waals surface area contributed by atoms with E-state index in [2.05, 4.69) is 4.74 Å². The Labute approximate surface area is 115 Å². The number of nitrogens with one attached hydrogen (secondary N) is 1. The van der Waals surface area contributed by atoms with E-state index in [4.69, 9.17) is 9.52 Å². The highest BCUT2D eigenvalue weighted by Crippen LogP contribution is 2.15. The van der Waals surface area contributed by atoms with Gasteiger partial charge in [0, 0.05) is 6.07 Å². The number of sulfonamides is 1. The molecular formula is C11H15NO7S. The van der Waals surface area contributed by atoms with Crippen LogP contribution in [-0.2, 0) is 19.6 Å². The average molecular weight is 305 g/mol. The van der Waals surface area contributed by atoms with Crippen molar-refractivity contribution in [3.05, 3.63) is 17.9 Å². The zero-order chi connectivity index (χ0) is 15.3. The Bertz CT molecular complexity index is 590. The molecule has 0 aromatic carbocycles. The second-order valence-electron chi connectivity index (χ2n) is 3.95. The minimum absolute atomic E-state index is 0.0739. The minimum atomic E-state index is -4.15. The third-order valence-corrected chi connectivity index (χ3v) is 3.77. The Balaban J connectivity index is 2.95. The third kappa shape index (κ3) is 3.81. The van der Waals surface area contributed by atoms with Gasteiger partial charge in [-0.05, 0) is 6.42 Å². The van der Waals surface area contributed by atoms with Crippen molar-refractivity contribution in [2.75, 3.05) is 7.11 Å². The van der Waals surface area contributed by atoms with Gasteiger partial charge in [0.25, 0.3) is 10.0 Å². The number of aliphatic carboxylic acids is 1. The number of hydrogen-bond donors (Lipinski definition) is 2. The Kier molecular flexibility index (Phi) is 5.28. The molecular weight excluding hydrogens is 290 g/mol. The van der Waals surface area contributed by atoms with Gasteiger partial charge >= 0.3 is 11.9 Å². The van der Waals surface area contributed by atoms with Crippen molar-refractivity contribution < 1.29 is 32.3 Å². The number of furan rings is 1. The van der Waals surface area contributed by atoms with Crippen LogP contribution in [0, 0.1) is 0 Å². The summed E-state index contributed by atoms with van der Waals surface area (Å²) in [5, 5.41) is 8.37. The van der Waals surface area contributed by atoms with Gasteiger partial charge in [-0.15, -0.1) is 0 Å². The van der Waals surface area contributed by atoms with Crippen molar-refractivity contribution in [1.82, 2.24) is 4.72 Å². The molecule has 9 heteroatoms. The fraction of sp³-hybridized carbons (Fsp3) is 0.455. The van der Waals surface area contributed by atoms with Crippen molar-refractivity contribution >= 4 is 22.0 Å². The molecule has 0 amide bonds. The highest BCUT2D eigenvalue weighted by Gasteiger charge is 2.27. The van der Waals surface area contributed by atoms with Gasteiger partial charge in [0.1, 0.15) is 12.3 Å². The smallest absolute Gasteiger partial charge is 0.341 e. The largest absolute Gasteiger partial charge is 0.480 e. The van der Waals surface area contributed by atoms with Crippen LogP contribution in [0.25, 0.3) is 0 Å². The molecule has 1 aromatic rings. The summed E-state index contributed by atoms with van der Waals surface area (Å²) in [5.74, 6) is -2.03. The Morgan fingerprint density at radius 2 is 2.15 bits per heavy atom. The fourth-order valence-corrected chi connectivity index (χ4v) is 2.62. The number of rotatable bonds is 7. The number of hydrogen-bond acceptors (Lipinski definition) is 6. The Morgan fingerprint density at radius 3 is 2.65 bits per heavy atom. The summed E-state index contributed by atoms with van der Waals surface area (Å²) in [6.45, 7) is 1.73. The number of ether oxygens (including phenoxy) is 1. The molecule has 0 saturated carbocycles. The number of carboxylic acid groups (broad SMARTS) is 1. The highest BCUT2D eigenvalue weighted by atomic mass is 32.2. The molecule has 1 aromatic heterocycles. The molecule has 8 nitrogen and oxygen atoms in total. The summed E-state index contributed by atoms with van der Waals surface area (Å²) in [6.07, 6.45) is 1.56. The Morgan fingerprint density at radius 1 is 1.50 bits per heavy atom. The number of methoxy groups -OCH3 is 1. The van der Waals surface area contributed by atoms with E-state index in [1.165, 1.54) is 0 Å². The van der Waals surface area contributed by atoms with Crippen LogP contribution in [0.5, 0.6) is 0 Å². The van der Waals surface area contributed by atoms with E-state index in [1.807, 2.05) is 4.72 Å². The number of carbonyl (C=O) groups excluding carboxylic acids is 1. The summed E-state index contributed by atoms with van der Waals surface area (Å²) in [4.78, 5) is 22.1. The molecule has 0 bridgehead atoms. The molecule has 0 spiro atoms. The minimum Gasteiger partial charge on any atom is -0.480 e. The molecule has 1 rings (SSSR count). The molecule has 0 radical (unpaired) electrons. The van der Waals surface area contributed by atoms with E-state index in [0.717, 1.165) is 19.4 Å². The van der Waals surface area contributed by atoms with E-state index in [9.17, 15) is 18.0 Å². The average Bonchev–Trinajstić information content (AvgIpc) is 2.87. The van der Waals surface area contributed by atoms with E-state index < -0.39 is 33.1 Å². The van der Waals surface area contributed by atoms with Gasteiger partial charge < -0.3 is 14.3 Å². The quantitative estimate of drug-likeness (QED) is 0.707. The number of esters is 1. The SMILES string of the molecule is CCCC(NS(=O)(=O)c1cc(C(=O)OC)co1)C(=O)O. The lowest BCUT2D eigenvalue weighted by molar-refractivity contribution is -0.139. The van der Waals surface area contributed by atoms with Gasteiger partial charge in [-0.25, -0.2) is 13.2 Å². The maximum atomic E-state index is 11.9. The van der Waals surface area contributed by atoms with Crippen LogP contribution in [-0.4, -0.2) is 38.6 Å². The van der Waals surface area contributed by atoms with Crippen molar-refractivity contribution in [1.29, 1.82) is 0 Å². The van der Waals surface area contributed by atoms with Gasteiger partial charge in [0.05, 0.1) is 12.7 Å². The first kappa shape index (κ1) is 16.2. The molecule has 20 heavy (non-hydrogen) atoms. The predicted octanol–water partition coefficient (Wildman–Crippen LogP) is 0.598. The maximum absolute atomic E-state index is 11.9. The van der Waals surface area contributed by atoms with Crippen LogP contribution in [0.2, 0.25) is 0 Å². The lowest BCUT2D eigenvalue weighted by Crippen LogP contribution is -2.40. The first-order valence-corrected chi connectivity index (χ1v) is 7.22. The predicted molar refractivity (Wildman–Crippen MR) is 66.7 cm³/mol. The zero-order valence-corrected chi connectivity index (χ0v) is 11.8. The van der Waals surface area contributed by atoms with Crippen molar-refractivity contribution in [3.8, 4) is 0 Å². The molecule has 0 aliphatic carbocycles. The van der Waals surface area contributed by atoms with Crippen LogP contribution in [0.3, 0.4) is 0 Å². The molecule has 0 aliphatic rings. The second kappa shape index (κ2) is 6.53. The summed E-state index contributed by atoms with van der Waals surface area (Å²) < 4.78 is 35.0. The van der Waals surface area contributed by atoms with Gasteiger partial charge in [-0.3, -0.25) is 4.79 Å². The molecule has 0 saturated heterocycles. The maximum Gasteiger partial charge on any atom is 0.341 e. The molecule has 1 heterocycles. The van der Waals surface area contributed by atoms with E-state index in [0.29, 0.717) is 6.42 Å². The normalized spacial score (nSPS) is 12.9. The van der Waals surface area contributed by atoms with Crippen molar-refractivity contribution in [2.24, 2.45) is 0 Å². The van der Waals surface area contributed by atoms with Gasteiger partial charge in [0.15, 0.2) is 0 Å². The zero-order valence-electron chi connectivity index (χ0n) is 11.0. The van der Waals surface area contributed by atoms with Crippen LogP contribution < -0.4 is 4.72 Å². The first-order chi connectivity index (χ1) is 9.31. The molecule has 0 aliphatic heterocycles. The van der Waals surface area contributed by atoms with E-state index >= 15 is 0 Å². The molecule has 0 fully saturated rings. The molecule has 1 unspecified atom stereocenters. The van der Waals surface area contributed by atoms with Crippen molar-refractivity contribution in [3.63, 3.8) is 0 Å². The van der Waals surface area contributed by atoms with E-state index in [-0.39, 0.29) is 12.0 Å². The lowest BCUT2D eigenvalue weighted by atomic mass is 10.2. The highest BCUT2D eigenvalue weighted by molar-refractivity contribution is 7.89.